The maximum atomic E-state index is 13.0. The molecule has 0 spiro atoms. The van der Waals surface area contributed by atoms with Crippen LogP contribution < -0.4 is 9.47 Å². The summed E-state index contributed by atoms with van der Waals surface area (Å²) in [6, 6.07) is 18.6. The van der Waals surface area contributed by atoms with Crippen molar-refractivity contribution in [2.75, 3.05) is 6.79 Å². The molecule has 5 rings (SSSR count). The number of carbonyl (C=O) groups excluding carboxylic acids is 2. The van der Waals surface area contributed by atoms with Crippen molar-refractivity contribution in [3.63, 3.8) is 0 Å². The zero-order valence-corrected chi connectivity index (χ0v) is 18.8. The monoisotopic (exact) mass is 483 g/mol. The average Bonchev–Trinajstić information content (AvgIpc) is 3.33. The van der Waals surface area contributed by atoms with Gasteiger partial charge in [0, 0.05) is 16.1 Å². The van der Waals surface area contributed by atoms with Gasteiger partial charge in [0.2, 0.25) is 6.79 Å². The van der Waals surface area contributed by atoms with Crippen LogP contribution in [0.3, 0.4) is 0 Å². The van der Waals surface area contributed by atoms with Gasteiger partial charge in [-0.15, -0.1) is 0 Å². The third kappa shape index (κ3) is 4.09. The molecule has 160 valence electrons. The summed E-state index contributed by atoms with van der Waals surface area (Å²) in [5.41, 5.74) is 3.44. The van der Waals surface area contributed by atoms with Gasteiger partial charge < -0.3 is 9.47 Å². The van der Waals surface area contributed by atoms with Crippen LogP contribution in [0, 0.1) is 0 Å². The third-order valence-electron chi connectivity index (χ3n) is 5.11. The van der Waals surface area contributed by atoms with E-state index >= 15 is 0 Å². The maximum Gasteiger partial charge on any atom is 0.293 e. The third-order valence-corrected chi connectivity index (χ3v) is 6.62. The molecule has 0 atom stereocenters. The van der Waals surface area contributed by atoms with Crippen LogP contribution in [0.15, 0.2) is 65.6 Å². The van der Waals surface area contributed by atoms with E-state index in [1.165, 1.54) is 4.90 Å². The lowest BCUT2D eigenvalue weighted by Gasteiger charge is -2.14. The molecule has 0 N–H and O–H groups in total. The molecule has 3 aromatic carbocycles. The normalized spacial score (nSPS) is 16.3. The van der Waals surface area contributed by atoms with E-state index in [0.717, 1.165) is 28.5 Å². The van der Waals surface area contributed by atoms with Crippen LogP contribution in [-0.4, -0.2) is 22.8 Å². The lowest BCUT2D eigenvalue weighted by molar-refractivity contribution is -0.123. The smallest absolute Gasteiger partial charge is 0.293 e. The number of imide groups is 1. The molecule has 3 aromatic rings. The molecule has 0 aliphatic carbocycles. The molecule has 5 nitrogen and oxygen atoms in total. The van der Waals surface area contributed by atoms with Crippen LogP contribution in [0.5, 0.6) is 11.5 Å². The van der Waals surface area contributed by atoms with E-state index in [0.29, 0.717) is 32.0 Å². The number of hydrogen-bond donors (Lipinski definition) is 0. The highest BCUT2D eigenvalue weighted by Gasteiger charge is 2.35. The maximum absolute atomic E-state index is 13.0. The SMILES string of the molecule is O=C1SC(=Cc2cccc(-c3ccc(Cl)cc3)c2)C(=O)N1Cc1cc2c(cc1Cl)OCO2. The Labute approximate surface area is 198 Å². The average molecular weight is 484 g/mol. The van der Waals surface area contributed by atoms with E-state index in [-0.39, 0.29) is 24.5 Å². The molecule has 0 saturated carbocycles. The van der Waals surface area contributed by atoms with E-state index in [4.69, 9.17) is 32.7 Å². The number of amides is 2. The Morgan fingerprint density at radius 3 is 2.47 bits per heavy atom. The number of ether oxygens (including phenoxy) is 2. The summed E-state index contributed by atoms with van der Waals surface area (Å²) in [6.07, 6.45) is 1.73. The number of benzene rings is 3. The standard InChI is InChI=1S/C24H15Cl2NO4S/c25-18-6-4-15(5-7-18)16-3-1-2-14(8-16)9-22-23(28)27(24(29)32-22)12-17-10-20-21(11-19(17)26)31-13-30-20/h1-11H,12-13H2. The second kappa shape index (κ2) is 8.54. The number of nitrogens with zero attached hydrogens (tertiary/aromatic N) is 1. The number of fused-ring (bicyclic) bond motifs is 1. The fourth-order valence-electron chi connectivity index (χ4n) is 3.49. The Hall–Kier alpha value is -2.93. The Balaban J connectivity index is 1.38. The van der Waals surface area contributed by atoms with Crippen molar-refractivity contribution < 1.29 is 19.1 Å². The van der Waals surface area contributed by atoms with E-state index in [1.54, 1.807) is 18.2 Å². The Morgan fingerprint density at radius 1 is 0.938 bits per heavy atom. The summed E-state index contributed by atoms with van der Waals surface area (Å²) < 4.78 is 10.7. The molecule has 1 saturated heterocycles. The van der Waals surface area contributed by atoms with Gasteiger partial charge in [0.25, 0.3) is 11.1 Å². The minimum Gasteiger partial charge on any atom is -0.454 e. The van der Waals surface area contributed by atoms with Crippen molar-refractivity contribution in [3.8, 4) is 22.6 Å². The summed E-state index contributed by atoms with van der Waals surface area (Å²) in [5, 5.41) is 0.734. The second-order valence-electron chi connectivity index (χ2n) is 7.20. The highest BCUT2D eigenvalue weighted by molar-refractivity contribution is 8.18. The van der Waals surface area contributed by atoms with Gasteiger partial charge in [-0.1, -0.05) is 53.5 Å². The summed E-state index contributed by atoms with van der Waals surface area (Å²) >= 11 is 13.2. The molecule has 32 heavy (non-hydrogen) atoms. The highest BCUT2D eigenvalue weighted by Crippen LogP contribution is 2.39. The first-order valence-corrected chi connectivity index (χ1v) is 11.2. The van der Waals surface area contributed by atoms with E-state index < -0.39 is 0 Å². The van der Waals surface area contributed by atoms with Crippen molar-refractivity contribution in [1.29, 1.82) is 0 Å². The van der Waals surface area contributed by atoms with Gasteiger partial charge in [-0.3, -0.25) is 14.5 Å². The van der Waals surface area contributed by atoms with E-state index in [2.05, 4.69) is 0 Å². The quantitative estimate of drug-likeness (QED) is 0.390. The van der Waals surface area contributed by atoms with Crippen LogP contribution in [0.2, 0.25) is 10.0 Å². The van der Waals surface area contributed by atoms with Gasteiger partial charge in [0.05, 0.1) is 11.4 Å². The van der Waals surface area contributed by atoms with Crippen LogP contribution in [0.1, 0.15) is 11.1 Å². The van der Waals surface area contributed by atoms with E-state index in [9.17, 15) is 9.59 Å². The lowest BCUT2D eigenvalue weighted by Crippen LogP contribution is -2.27. The molecule has 1 fully saturated rings. The van der Waals surface area contributed by atoms with Gasteiger partial charge in [0.15, 0.2) is 11.5 Å². The summed E-state index contributed by atoms with van der Waals surface area (Å²) in [6.45, 7) is 0.177. The van der Waals surface area contributed by atoms with Gasteiger partial charge in [-0.25, -0.2) is 0 Å². The number of rotatable bonds is 4. The van der Waals surface area contributed by atoms with Gasteiger partial charge >= 0.3 is 0 Å². The molecule has 0 unspecified atom stereocenters. The Kier molecular flexibility index (Phi) is 5.59. The van der Waals surface area contributed by atoms with E-state index in [1.807, 2.05) is 48.5 Å². The number of halogens is 2. The molecule has 2 aliphatic heterocycles. The molecule has 8 heteroatoms. The Bertz CT molecular complexity index is 1270. The molecule has 0 aromatic heterocycles. The topological polar surface area (TPSA) is 55.8 Å². The highest BCUT2D eigenvalue weighted by atomic mass is 35.5. The molecule has 0 radical (unpaired) electrons. The zero-order chi connectivity index (χ0) is 22.2. The van der Waals surface area contributed by atoms with Crippen molar-refractivity contribution in [2.45, 2.75) is 6.54 Å². The predicted octanol–water partition coefficient (Wildman–Crippen LogP) is 6.63. The largest absolute Gasteiger partial charge is 0.454 e. The van der Waals surface area contributed by atoms with Crippen molar-refractivity contribution in [1.82, 2.24) is 4.90 Å². The number of hydrogen-bond acceptors (Lipinski definition) is 5. The van der Waals surface area contributed by atoms with Crippen LogP contribution in [0.25, 0.3) is 17.2 Å². The van der Waals surface area contributed by atoms with Crippen molar-refractivity contribution in [2.24, 2.45) is 0 Å². The second-order valence-corrected chi connectivity index (χ2v) is 9.03. The minimum absolute atomic E-state index is 0.0578. The first kappa shape index (κ1) is 20.9. The van der Waals surface area contributed by atoms with Crippen LogP contribution in [-0.2, 0) is 11.3 Å². The Morgan fingerprint density at radius 2 is 1.69 bits per heavy atom. The molecule has 2 amide bonds. The summed E-state index contributed by atoms with van der Waals surface area (Å²) in [5.74, 6) is 0.741. The molecule has 2 heterocycles. The van der Waals surface area contributed by atoms with Gasteiger partial charge in [-0.05, 0) is 64.4 Å². The first-order chi connectivity index (χ1) is 15.5. The summed E-state index contributed by atoms with van der Waals surface area (Å²) in [4.78, 5) is 27.1. The van der Waals surface area contributed by atoms with Crippen molar-refractivity contribution >= 4 is 52.2 Å². The molecular formula is C24H15Cl2NO4S. The van der Waals surface area contributed by atoms with Crippen molar-refractivity contribution in [3.05, 3.63) is 86.7 Å². The van der Waals surface area contributed by atoms with Crippen LogP contribution >= 0.6 is 35.0 Å². The fraction of sp³-hybridized carbons (Fsp3) is 0.0833. The van der Waals surface area contributed by atoms with Crippen LogP contribution in [0.4, 0.5) is 4.79 Å². The first-order valence-electron chi connectivity index (χ1n) is 9.67. The molecule has 2 aliphatic rings. The number of thioether (sulfide) groups is 1. The minimum atomic E-state index is -0.356. The molecular weight excluding hydrogens is 469 g/mol. The summed E-state index contributed by atoms with van der Waals surface area (Å²) in [7, 11) is 0. The van der Waals surface area contributed by atoms with Gasteiger partial charge in [-0.2, -0.15) is 0 Å². The fourth-order valence-corrected chi connectivity index (χ4v) is 4.67. The zero-order valence-electron chi connectivity index (χ0n) is 16.5. The van der Waals surface area contributed by atoms with Gasteiger partial charge in [0.1, 0.15) is 0 Å². The predicted molar refractivity (Wildman–Crippen MR) is 126 cm³/mol. The lowest BCUT2D eigenvalue weighted by atomic mass is 10.0. The number of carbonyl (C=O) groups is 2. The molecule has 0 bridgehead atoms.